The number of carbonyl (C=O) groups is 3. The van der Waals surface area contributed by atoms with E-state index >= 15 is 0 Å². The van der Waals surface area contributed by atoms with Crippen molar-refractivity contribution in [3.63, 3.8) is 0 Å². The predicted molar refractivity (Wildman–Crippen MR) is 142 cm³/mol. The van der Waals surface area contributed by atoms with E-state index in [4.69, 9.17) is 4.74 Å². The largest absolute Gasteiger partial charge is 0.424 e. The molecule has 4 rings (SSSR count). The molecule has 204 valence electrons. The summed E-state index contributed by atoms with van der Waals surface area (Å²) in [5.74, 6) is 0.144. The van der Waals surface area contributed by atoms with Crippen LogP contribution in [-0.4, -0.2) is 79.2 Å². The SMILES string of the molecule is CN[C@@H](C)C(=O)N[C@H](C(=O)N1CCN(CC2CC2)C[C@@H]1OC(=O)NC1CCCc2ccccc21)C(C)C. The van der Waals surface area contributed by atoms with Gasteiger partial charge in [0, 0.05) is 19.6 Å². The molecule has 0 radical (unpaired) electrons. The number of piperazine rings is 1. The zero-order valence-corrected chi connectivity index (χ0v) is 22.7. The summed E-state index contributed by atoms with van der Waals surface area (Å²) in [5, 5.41) is 8.88. The Morgan fingerprint density at radius 2 is 1.84 bits per heavy atom. The summed E-state index contributed by atoms with van der Waals surface area (Å²) in [6.45, 7) is 8.21. The molecular weight excluding hydrogens is 470 g/mol. The Morgan fingerprint density at radius 3 is 2.54 bits per heavy atom. The van der Waals surface area contributed by atoms with Gasteiger partial charge in [0.05, 0.1) is 18.6 Å². The Balaban J connectivity index is 1.46. The summed E-state index contributed by atoms with van der Waals surface area (Å²) >= 11 is 0. The number of fused-ring (bicyclic) bond motifs is 1. The minimum absolute atomic E-state index is 0.0986. The molecule has 0 aromatic heterocycles. The van der Waals surface area contributed by atoms with E-state index in [1.807, 2.05) is 26.0 Å². The van der Waals surface area contributed by atoms with E-state index in [1.54, 1.807) is 18.9 Å². The van der Waals surface area contributed by atoms with E-state index in [0.29, 0.717) is 19.0 Å². The molecule has 2 aliphatic carbocycles. The lowest BCUT2D eigenvalue weighted by Crippen LogP contribution is -2.62. The third-order valence-corrected chi connectivity index (χ3v) is 7.88. The van der Waals surface area contributed by atoms with Gasteiger partial charge in [-0.2, -0.15) is 0 Å². The van der Waals surface area contributed by atoms with Gasteiger partial charge in [-0.05, 0) is 69.0 Å². The third-order valence-electron chi connectivity index (χ3n) is 7.88. The molecule has 3 aliphatic rings. The average Bonchev–Trinajstić information content (AvgIpc) is 3.70. The molecule has 1 aromatic rings. The minimum atomic E-state index is -0.710. The van der Waals surface area contributed by atoms with Crippen molar-refractivity contribution >= 4 is 17.9 Å². The standard InChI is InChI=1S/C28H43N5O4/c1-18(2)25(31-26(34)19(3)29-4)27(35)33-15-14-32(16-20-12-13-20)17-24(33)37-28(36)30-23-11-7-9-21-8-5-6-10-22(21)23/h5-6,8,10,18-20,23-25,29H,7,9,11-17H2,1-4H3,(H,30,36)(H,31,34)/t19-,23?,24-,25-/m0/s1. The summed E-state index contributed by atoms with van der Waals surface area (Å²) in [6.07, 6.45) is 4.13. The first kappa shape index (κ1) is 27.4. The van der Waals surface area contributed by atoms with Gasteiger partial charge in [0.1, 0.15) is 6.04 Å². The van der Waals surface area contributed by atoms with Crippen molar-refractivity contribution < 1.29 is 19.1 Å². The van der Waals surface area contributed by atoms with Crippen LogP contribution in [0.25, 0.3) is 0 Å². The van der Waals surface area contributed by atoms with Crippen LogP contribution in [0.4, 0.5) is 4.79 Å². The average molecular weight is 514 g/mol. The number of carbonyl (C=O) groups excluding carboxylic acids is 3. The van der Waals surface area contributed by atoms with Gasteiger partial charge < -0.3 is 25.6 Å². The molecule has 1 aliphatic heterocycles. The van der Waals surface area contributed by atoms with Crippen molar-refractivity contribution in [3.8, 4) is 0 Å². The topological polar surface area (TPSA) is 103 Å². The molecule has 9 heteroatoms. The first-order chi connectivity index (χ1) is 17.8. The Hall–Kier alpha value is -2.65. The van der Waals surface area contributed by atoms with Gasteiger partial charge in [-0.3, -0.25) is 14.5 Å². The fourth-order valence-corrected chi connectivity index (χ4v) is 5.29. The molecule has 3 N–H and O–H groups in total. The number of hydrogen-bond acceptors (Lipinski definition) is 6. The van der Waals surface area contributed by atoms with Gasteiger partial charge >= 0.3 is 6.09 Å². The van der Waals surface area contributed by atoms with Crippen molar-refractivity contribution in [2.24, 2.45) is 11.8 Å². The smallest absolute Gasteiger partial charge is 0.409 e. The van der Waals surface area contributed by atoms with Crippen LogP contribution in [0.3, 0.4) is 0 Å². The lowest BCUT2D eigenvalue weighted by Gasteiger charge is -2.42. The van der Waals surface area contributed by atoms with Gasteiger partial charge in [-0.15, -0.1) is 0 Å². The Labute approximate surface area is 220 Å². The molecule has 37 heavy (non-hydrogen) atoms. The number of benzene rings is 1. The van der Waals surface area contributed by atoms with Crippen LogP contribution >= 0.6 is 0 Å². The molecular formula is C28H43N5O4. The lowest BCUT2D eigenvalue weighted by atomic mass is 9.88. The van der Waals surface area contributed by atoms with Gasteiger partial charge in [-0.25, -0.2) is 4.79 Å². The number of alkyl carbamates (subject to hydrolysis) is 1. The molecule has 1 heterocycles. The van der Waals surface area contributed by atoms with E-state index in [-0.39, 0.29) is 23.8 Å². The second-order valence-electron chi connectivity index (χ2n) is 11.1. The second kappa shape index (κ2) is 12.3. The lowest BCUT2D eigenvalue weighted by molar-refractivity contribution is -0.152. The van der Waals surface area contributed by atoms with Crippen LogP contribution in [0, 0.1) is 11.8 Å². The number of amides is 3. The maximum atomic E-state index is 13.7. The second-order valence-corrected chi connectivity index (χ2v) is 11.1. The maximum Gasteiger partial charge on any atom is 0.409 e. The molecule has 1 saturated heterocycles. The van der Waals surface area contributed by atoms with Gasteiger partial charge in [0.15, 0.2) is 6.23 Å². The summed E-state index contributed by atoms with van der Waals surface area (Å²) in [7, 11) is 1.71. The Kier molecular flexibility index (Phi) is 9.08. The highest BCUT2D eigenvalue weighted by atomic mass is 16.6. The summed E-state index contributed by atoms with van der Waals surface area (Å²) in [4.78, 5) is 43.4. The maximum absolute atomic E-state index is 13.7. The zero-order valence-electron chi connectivity index (χ0n) is 22.7. The number of likely N-dealkylation sites (N-methyl/N-ethyl adjacent to an activating group) is 1. The van der Waals surface area contributed by atoms with Crippen LogP contribution in [-0.2, 0) is 20.7 Å². The molecule has 4 atom stereocenters. The number of hydrogen-bond donors (Lipinski definition) is 3. The van der Waals surface area contributed by atoms with E-state index in [9.17, 15) is 14.4 Å². The number of nitrogens with zero attached hydrogens (tertiary/aromatic N) is 2. The van der Waals surface area contributed by atoms with E-state index in [2.05, 4.69) is 33.0 Å². The van der Waals surface area contributed by atoms with Gasteiger partial charge in [0.2, 0.25) is 11.8 Å². The quantitative estimate of drug-likeness (QED) is 0.469. The predicted octanol–water partition coefficient (Wildman–Crippen LogP) is 2.42. The highest BCUT2D eigenvalue weighted by Gasteiger charge is 2.39. The molecule has 3 amide bonds. The molecule has 0 bridgehead atoms. The van der Waals surface area contributed by atoms with Crippen molar-refractivity contribution in [3.05, 3.63) is 35.4 Å². The molecule has 0 spiro atoms. The first-order valence-corrected chi connectivity index (χ1v) is 13.8. The van der Waals surface area contributed by atoms with Gasteiger partial charge in [-0.1, -0.05) is 38.1 Å². The number of aryl methyl sites for hydroxylation is 1. The highest BCUT2D eigenvalue weighted by molar-refractivity contribution is 5.90. The van der Waals surface area contributed by atoms with Crippen molar-refractivity contribution in [1.29, 1.82) is 0 Å². The van der Waals surface area contributed by atoms with Crippen molar-refractivity contribution in [2.75, 3.05) is 33.2 Å². The Morgan fingerprint density at radius 1 is 1.08 bits per heavy atom. The fourth-order valence-electron chi connectivity index (χ4n) is 5.29. The summed E-state index contributed by atoms with van der Waals surface area (Å²) in [6, 6.07) is 6.99. The zero-order chi connectivity index (χ0) is 26.5. The molecule has 2 fully saturated rings. The van der Waals surface area contributed by atoms with Gasteiger partial charge in [0.25, 0.3) is 0 Å². The summed E-state index contributed by atoms with van der Waals surface area (Å²) in [5.41, 5.74) is 2.40. The molecule has 1 aromatic carbocycles. The minimum Gasteiger partial charge on any atom is -0.424 e. The normalized spacial score (nSPS) is 23.6. The molecule has 1 unspecified atom stereocenters. The number of nitrogens with one attached hydrogen (secondary N) is 3. The van der Waals surface area contributed by atoms with Crippen LogP contribution < -0.4 is 16.0 Å². The van der Waals surface area contributed by atoms with Crippen molar-refractivity contribution in [1.82, 2.24) is 25.8 Å². The van der Waals surface area contributed by atoms with E-state index in [1.165, 1.54) is 18.4 Å². The summed E-state index contributed by atoms with van der Waals surface area (Å²) < 4.78 is 5.97. The monoisotopic (exact) mass is 513 g/mol. The number of rotatable bonds is 9. The fraction of sp³-hybridized carbons (Fsp3) is 0.679. The van der Waals surface area contributed by atoms with Crippen LogP contribution in [0.15, 0.2) is 24.3 Å². The third kappa shape index (κ3) is 7.02. The Bertz CT molecular complexity index is 966. The van der Waals surface area contributed by atoms with Crippen LogP contribution in [0.2, 0.25) is 0 Å². The van der Waals surface area contributed by atoms with E-state index < -0.39 is 24.4 Å². The van der Waals surface area contributed by atoms with E-state index in [0.717, 1.165) is 37.9 Å². The highest BCUT2D eigenvalue weighted by Crippen LogP contribution is 2.31. The molecule has 1 saturated carbocycles. The number of ether oxygens (including phenoxy) is 1. The van der Waals surface area contributed by atoms with Crippen LogP contribution in [0.5, 0.6) is 0 Å². The van der Waals surface area contributed by atoms with Crippen LogP contribution in [0.1, 0.15) is 63.6 Å². The van der Waals surface area contributed by atoms with Crippen molar-refractivity contribution in [2.45, 2.75) is 77.2 Å². The first-order valence-electron chi connectivity index (χ1n) is 13.8. The molecule has 9 nitrogen and oxygen atoms in total.